The first kappa shape index (κ1) is 9.34. The third kappa shape index (κ3) is 2.39. The van der Waals surface area contributed by atoms with E-state index in [4.69, 9.17) is 11.6 Å². The van der Waals surface area contributed by atoms with E-state index in [1.54, 1.807) is 17.0 Å². The van der Waals surface area contributed by atoms with E-state index in [-0.39, 0.29) is 5.91 Å². The molecule has 0 bridgehead atoms. The van der Waals surface area contributed by atoms with Crippen molar-refractivity contribution in [3.8, 4) is 0 Å². The number of nitrogens with one attached hydrogen (secondary N) is 1. The van der Waals surface area contributed by atoms with Crippen molar-refractivity contribution in [3.63, 3.8) is 0 Å². The van der Waals surface area contributed by atoms with Gasteiger partial charge in [-0.15, -0.1) is 0 Å². The third-order valence-electron chi connectivity index (χ3n) is 2.07. The average Bonchev–Trinajstić information content (AvgIpc) is 2.97. The fourth-order valence-electron chi connectivity index (χ4n) is 1.19. The highest BCUT2D eigenvalue weighted by atomic mass is 35.5. The van der Waals surface area contributed by atoms with Crippen LogP contribution in [0.3, 0.4) is 0 Å². The first-order chi connectivity index (χ1) is 6.75. The number of carbonyl (C=O) groups is 1. The van der Waals surface area contributed by atoms with Crippen LogP contribution in [-0.4, -0.2) is 30.4 Å². The lowest BCUT2D eigenvalue weighted by Crippen LogP contribution is -2.20. The second kappa shape index (κ2) is 3.88. The maximum atomic E-state index is 11.3. The maximum absolute atomic E-state index is 11.3. The lowest BCUT2D eigenvalue weighted by Gasteiger charge is -2.05. The van der Waals surface area contributed by atoms with Crippen molar-refractivity contribution in [2.75, 3.05) is 25.0 Å². The highest BCUT2D eigenvalue weighted by molar-refractivity contribution is 6.30. The number of halogens is 1. The van der Waals surface area contributed by atoms with Gasteiger partial charge in [-0.25, -0.2) is 0 Å². The molecule has 0 radical (unpaired) electrons. The van der Waals surface area contributed by atoms with Gasteiger partial charge in [0.05, 0.1) is 6.54 Å². The molecule has 1 aliphatic rings. The number of amides is 1. The van der Waals surface area contributed by atoms with Crippen molar-refractivity contribution < 1.29 is 4.79 Å². The van der Waals surface area contributed by atoms with Crippen molar-refractivity contribution in [1.29, 1.82) is 0 Å². The zero-order chi connectivity index (χ0) is 9.97. The molecular formula is C10H11ClN2O. The van der Waals surface area contributed by atoms with Gasteiger partial charge < -0.3 is 10.2 Å². The molecule has 1 aromatic rings. The molecule has 0 aliphatic carbocycles. The minimum Gasteiger partial charge on any atom is -0.376 e. The van der Waals surface area contributed by atoms with Crippen molar-refractivity contribution in [2.45, 2.75) is 0 Å². The van der Waals surface area contributed by atoms with E-state index in [1.165, 1.54) is 0 Å². The Kier molecular flexibility index (Phi) is 2.59. The summed E-state index contributed by atoms with van der Waals surface area (Å²) in [4.78, 5) is 13.1. The second-order valence-electron chi connectivity index (χ2n) is 3.24. The van der Waals surface area contributed by atoms with Gasteiger partial charge in [0.2, 0.25) is 5.91 Å². The van der Waals surface area contributed by atoms with Gasteiger partial charge in [0, 0.05) is 23.8 Å². The monoisotopic (exact) mass is 210 g/mol. The Morgan fingerprint density at radius 1 is 1.50 bits per heavy atom. The summed E-state index contributed by atoms with van der Waals surface area (Å²) in [6, 6.07) is 7.35. The van der Waals surface area contributed by atoms with Gasteiger partial charge in [-0.1, -0.05) is 17.7 Å². The topological polar surface area (TPSA) is 32.1 Å². The molecular weight excluding hydrogens is 200 g/mol. The maximum Gasteiger partial charge on any atom is 0.241 e. The van der Waals surface area contributed by atoms with Crippen LogP contribution in [-0.2, 0) is 4.79 Å². The summed E-state index contributed by atoms with van der Waals surface area (Å²) in [6.45, 7) is 2.15. The van der Waals surface area contributed by atoms with Gasteiger partial charge >= 0.3 is 0 Å². The number of nitrogens with zero attached hydrogens (tertiary/aromatic N) is 1. The number of anilines is 1. The molecule has 74 valence electrons. The minimum absolute atomic E-state index is 0.143. The number of hydrogen-bond donors (Lipinski definition) is 1. The Morgan fingerprint density at radius 3 is 2.93 bits per heavy atom. The smallest absolute Gasteiger partial charge is 0.241 e. The second-order valence-corrected chi connectivity index (χ2v) is 3.68. The van der Waals surface area contributed by atoms with E-state index >= 15 is 0 Å². The van der Waals surface area contributed by atoms with Crippen molar-refractivity contribution in [3.05, 3.63) is 29.3 Å². The van der Waals surface area contributed by atoms with Gasteiger partial charge in [-0.2, -0.15) is 0 Å². The number of rotatable bonds is 3. The SMILES string of the molecule is O=C(CNc1cccc(Cl)c1)N1CC1. The van der Waals surface area contributed by atoms with E-state index in [2.05, 4.69) is 5.32 Å². The molecule has 3 nitrogen and oxygen atoms in total. The van der Waals surface area contributed by atoms with Gasteiger partial charge in [-0.05, 0) is 18.2 Å². The van der Waals surface area contributed by atoms with Crippen LogP contribution in [0.1, 0.15) is 0 Å². The Morgan fingerprint density at radius 2 is 2.29 bits per heavy atom. The van der Waals surface area contributed by atoms with Crippen LogP contribution in [0.5, 0.6) is 0 Å². The molecule has 0 atom stereocenters. The van der Waals surface area contributed by atoms with Crippen molar-refractivity contribution >= 4 is 23.2 Å². The Bertz CT molecular complexity index is 350. The molecule has 1 N–H and O–H groups in total. The van der Waals surface area contributed by atoms with E-state index in [0.717, 1.165) is 18.8 Å². The van der Waals surface area contributed by atoms with Gasteiger partial charge in [0.1, 0.15) is 0 Å². The van der Waals surface area contributed by atoms with Crippen LogP contribution >= 0.6 is 11.6 Å². The number of benzene rings is 1. The summed E-state index contributed by atoms with van der Waals surface area (Å²) in [5.41, 5.74) is 0.882. The number of hydrogen-bond acceptors (Lipinski definition) is 2. The van der Waals surface area contributed by atoms with Crippen LogP contribution in [0, 0.1) is 0 Å². The molecule has 14 heavy (non-hydrogen) atoms. The van der Waals surface area contributed by atoms with Crippen LogP contribution in [0.4, 0.5) is 5.69 Å². The Balaban J connectivity index is 1.87. The van der Waals surface area contributed by atoms with Crippen LogP contribution < -0.4 is 5.32 Å². The Hall–Kier alpha value is -1.22. The molecule has 1 amide bonds. The summed E-state index contributed by atoms with van der Waals surface area (Å²) >= 11 is 5.80. The Labute approximate surface area is 87.7 Å². The van der Waals surface area contributed by atoms with Gasteiger partial charge in [0.25, 0.3) is 0 Å². The predicted molar refractivity (Wildman–Crippen MR) is 56.5 cm³/mol. The largest absolute Gasteiger partial charge is 0.376 e. The van der Waals surface area contributed by atoms with Gasteiger partial charge in [-0.3, -0.25) is 4.79 Å². The molecule has 4 heteroatoms. The molecule has 1 aromatic carbocycles. The zero-order valence-electron chi connectivity index (χ0n) is 7.66. The van der Waals surface area contributed by atoms with Crippen molar-refractivity contribution in [1.82, 2.24) is 4.90 Å². The van der Waals surface area contributed by atoms with E-state index < -0.39 is 0 Å². The normalized spacial score (nSPS) is 13.9. The first-order valence-electron chi connectivity index (χ1n) is 4.53. The summed E-state index contributed by atoms with van der Waals surface area (Å²) in [7, 11) is 0. The van der Waals surface area contributed by atoms with Crippen LogP contribution in [0.2, 0.25) is 5.02 Å². The average molecular weight is 211 g/mol. The number of carbonyl (C=O) groups excluding carboxylic acids is 1. The lowest BCUT2D eigenvalue weighted by molar-refractivity contribution is -0.123. The predicted octanol–water partition coefficient (Wildman–Crippen LogP) is 1.59. The third-order valence-corrected chi connectivity index (χ3v) is 2.30. The summed E-state index contributed by atoms with van der Waals surface area (Å²) in [5.74, 6) is 0.143. The summed E-state index contributed by atoms with van der Waals surface area (Å²) in [5, 5.41) is 3.71. The highest BCUT2D eigenvalue weighted by Crippen LogP contribution is 2.14. The molecule has 1 aliphatic heterocycles. The van der Waals surface area contributed by atoms with E-state index in [1.807, 2.05) is 12.1 Å². The fourth-order valence-corrected chi connectivity index (χ4v) is 1.38. The molecule has 0 spiro atoms. The molecule has 0 unspecified atom stereocenters. The lowest BCUT2D eigenvalue weighted by atomic mass is 10.3. The highest BCUT2D eigenvalue weighted by Gasteiger charge is 2.22. The molecule has 1 fully saturated rings. The molecule has 0 aromatic heterocycles. The molecule has 0 saturated carbocycles. The van der Waals surface area contributed by atoms with Crippen molar-refractivity contribution in [2.24, 2.45) is 0 Å². The van der Waals surface area contributed by atoms with E-state index in [0.29, 0.717) is 11.6 Å². The quantitative estimate of drug-likeness (QED) is 0.769. The summed E-state index contributed by atoms with van der Waals surface area (Å²) in [6.07, 6.45) is 0. The molecule has 1 heterocycles. The molecule has 2 rings (SSSR count). The van der Waals surface area contributed by atoms with Crippen LogP contribution in [0.15, 0.2) is 24.3 Å². The standard InChI is InChI=1S/C10H11ClN2O/c11-8-2-1-3-9(6-8)12-7-10(14)13-4-5-13/h1-3,6,12H,4-5,7H2. The zero-order valence-corrected chi connectivity index (χ0v) is 8.42. The minimum atomic E-state index is 0.143. The summed E-state index contributed by atoms with van der Waals surface area (Å²) < 4.78 is 0. The molecule has 1 saturated heterocycles. The van der Waals surface area contributed by atoms with E-state index in [9.17, 15) is 4.79 Å². The van der Waals surface area contributed by atoms with Gasteiger partial charge in [0.15, 0.2) is 0 Å². The van der Waals surface area contributed by atoms with Crippen LogP contribution in [0.25, 0.3) is 0 Å². The first-order valence-corrected chi connectivity index (χ1v) is 4.91. The fraction of sp³-hybridized carbons (Fsp3) is 0.300.